The zero-order chi connectivity index (χ0) is 24.6. The molecule has 0 spiro atoms. The van der Waals surface area contributed by atoms with Gasteiger partial charge < -0.3 is 19.9 Å². The minimum absolute atomic E-state index is 0.0147. The van der Waals surface area contributed by atoms with Crippen molar-refractivity contribution >= 4 is 12.2 Å². The van der Waals surface area contributed by atoms with E-state index < -0.39 is 17.6 Å². The van der Waals surface area contributed by atoms with Crippen LogP contribution >= 0.6 is 0 Å². The van der Waals surface area contributed by atoms with Crippen LogP contribution in [0.1, 0.15) is 34.7 Å². The van der Waals surface area contributed by atoms with Gasteiger partial charge in [-0.2, -0.15) is 13.2 Å². The van der Waals surface area contributed by atoms with Gasteiger partial charge in [0.15, 0.2) is 0 Å². The molecule has 0 aliphatic heterocycles. The lowest BCUT2D eigenvalue weighted by Crippen LogP contribution is -2.26. The summed E-state index contributed by atoms with van der Waals surface area (Å²) in [5.41, 5.74) is 5.87. The molecule has 4 N–H and O–H groups in total. The Kier molecular flexibility index (Phi) is 8.31. The molecule has 1 aromatic heterocycles. The Morgan fingerprint density at radius 1 is 1.09 bits per heavy atom. The lowest BCUT2D eigenvalue weighted by atomic mass is 10.1. The molecule has 0 saturated heterocycles. The Balaban J connectivity index is 1.49. The third kappa shape index (κ3) is 7.38. The Morgan fingerprint density at radius 2 is 1.85 bits per heavy atom. The summed E-state index contributed by atoms with van der Waals surface area (Å²) in [6.45, 7) is 0.833. The lowest BCUT2D eigenvalue weighted by Gasteiger charge is -2.12. The zero-order valence-corrected chi connectivity index (χ0v) is 18.1. The first-order valence-corrected chi connectivity index (χ1v) is 10.4. The van der Waals surface area contributed by atoms with Crippen molar-refractivity contribution in [3.8, 4) is 5.75 Å². The molecule has 10 heteroatoms. The van der Waals surface area contributed by atoms with E-state index in [1.165, 1.54) is 29.6 Å². The number of oxazole rings is 1. The van der Waals surface area contributed by atoms with E-state index in [0.717, 1.165) is 30.5 Å². The van der Waals surface area contributed by atoms with Crippen molar-refractivity contribution in [1.82, 2.24) is 9.99 Å². The van der Waals surface area contributed by atoms with Gasteiger partial charge in [-0.3, -0.25) is 0 Å². The molecule has 34 heavy (non-hydrogen) atoms. The van der Waals surface area contributed by atoms with Crippen LogP contribution in [0.4, 0.5) is 17.6 Å². The fourth-order valence-electron chi connectivity index (χ4n) is 3.03. The summed E-state index contributed by atoms with van der Waals surface area (Å²) in [6, 6.07) is 9.94. The van der Waals surface area contributed by atoms with Gasteiger partial charge in [0.2, 0.25) is 5.89 Å². The second kappa shape index (κ2) is 11.4. The molecule has 0 bridgehead atoms. The van der Waals surface area contributed by atoms with Crippen molar-refractivity contribution < 1.29 is 26.7 Å². The standard InChI is InChI=1S/C24H24F4N4O2/c25-22-14-19(24(26,27)28)7-5-18(22)6-10-23-31-20(16-34-23)15-33-21-8-3-17(4-9-21)2-1-12-32(30)13-11-29/h3-11,13-14,16H,1-2,12,15,29-30H2/b10-6+,13-11-. The number of nitrogens with two attached hydrogens (primary N) is 2. The van der Waals surface area contributed by atoms with Gasteiger partial charge in [0.25, 0.3) is 0 Å². The SMILES string of the molecule is N/C=C\N(N)CCCc1ccc(OCc2coc(/C=C/c3ccc(C(F)(F)F)cc3F)n2)cc1. The number of halogens is 4. The highest BCUT2D eigenvalue weighted by Crippen LogP contribution is 2.30. The normalized spacial score (nSPS) is 12.0. The summed E-state index contributed by atoms with van der Waals surface area (Å²) in [4.78, 5) is 4.20. The number of alkyl halides is 3. The summed E-state index contributed by atoms with van der Waals surface area (Å²) >= 11 is 0. The van der Waals surface area contributed by atoms with Crippen LogP contribution in [-0.4, -0.2) is 16.5 Å². The Labute approximate surface area is 194 Å². The highest BCUT2D eigenvalue weighted by Gasteiger charge is 2.30. The third-order valence-electron chi connectivity index (χ3n) is 4.77. The molecule has 0 atom stereocenters. The van der Waals surface area contributed by atoms with E-state index in [9.17, 15) is 17.6 Å². The molecule has 0 fully saturated rings. The number of benzene rings is 2. The van der Waals surface area contributed by atoms with E-state index >= 15 is 0 Å². The maximum absolute atomic E-state index is 13.9. The number of hydrogen-bond donors (Lipinski definition) is 2. The first-order chi connectivity index (χ1) is 16.2. The van der Waals surface area contributed by atoms with E-state index in [-0.39, 0.29) is 18.1 Å². The summed E-state index contributed by atoms with van der Waals surface area (Å²) in [6.07, 6.45) is 4.17. The first kappa shape index (κ1) is 24.8. The second-order valence-electron chi connectivity index (χ2n) is 7.36. The van der Waals surface area contributed by atoms with Crippen LogP contribution in [-0.2, 0) is 19.2 Å². The topological polar surface area (TPSA) is 90.5 Å². The van der Waals surface area contributed by atoms with Crippen LogP contribution in [0.2, 0.25) is 0 Å². The number of aromatic nitrogens is 1. The zero-order valence-electron chi connectivity index (χ0n) is 18.1. The fraction of sp³-hybridized carbons (Fsp3) is 0.208. The number of hydrogen-bond acceptors (Lipinski definition) is 6. The average molecular weight is 476 g/mol. The molecule has 3 rings (SSSR count). The smallest absolute Gasteiger partial charge is 0.416 e. The van der Waals surface area contributed by atoms with Crippen LogP contribution in [0.5, 0.6) is 5.75 Å². The van der Waals surface area contributed by atoms with Crippen LogP contribution in [0.25, 0.3) is 12.2 Å². The molecule has 0 unspecified atom stereocenters. The Bertz CT molecular complexity index is 1120. The molecule has 0 radical (unpaired) electrons. The summed E-state index contributed by atoms with van der Waals surface area (Å²) in [5.74, 6) is 5.56. The van der Waals surface area contributed by atoms with Gasteiger partial charge in [-0.05, 0) is 48.7 Å². The Morgan fingerprint density at radius 3 is 2.53 bits per heavy atom. The predicted molar refractivity (Wildman–Crippen MR) is 120 cm³/mol. The molecule has 3 aromatic rings. The lowest BCUT2D eigenvalue weighted by molar-refractivity contribution is -0.137. The van der Waals surface area contributed by atoms with Gasteiger partial charge in [0.1, 0.15) is 30.1 Å². The molecule has 1 heterocycles. The van der Waals surface area contributed by atoms with Gasteiger partial charge in [0, 0.05) is 30.6 Å². The molecule has 0 amide bonds. The summed E-state index contributed by atoms with van der Waals surface area (Å²) in [7, 11) is 0. The summed E-state index contributed by atoms with van der Waals surface area (Å²) in [5, 5.41) is 1.53. The third-order valence-corrected chi connectivity index (χ3v) is 4.77. The molecular formula is C24H24F4N4O2. The van der Waals surface area contributed by atoms with Crippen LogP contribution in [0.15, 0.2) is 65.5 Å². The quantitative estimate of drug-likeness (QED) is 0.240. The molecule has 180 valence electrons. The minimum Gasteiger partial charge on any atom is -0.487 e. The highest BCUT2D eigenvalue weighted by molar-refractivity contribution is 5.66. The van der Waals surface area contributed by atoms with Gasteiger partial charge in [-0.15, -0.1) is 0 Å². The van der Waals surface area contributed by atoms with Crippen LogP contribution in [0, 0.1) is 5.82 Å². The largest absolute Gasteiger partial charge is 0.487 e. The van der Waals surface area contributed by atoms with Crippen molar-refractivity contribution in [2.45, 2.75) is 25.6 Å². The molecule has 2 aromatic carbocycles. The second-order valence-corrected chi connectivity index (χ2v) is 7.36. The maximum atomic E-state index is 13.9. The average Bonchev–Trinajstić information content (AvgIpc) is 3.25. The van der Waals surface area contributed by atoms with Crippen molar-refractivity contribution in [3.63, 3.8) is 0 Å². The molecule has 0 aliphatic rings. The van der Waals surface area contributed by atoms with Gasteiger partial charge >= 0.3 is 6.18 Å². The summed E-state index contributed by atoms with van der Waals surface area (Å²) < 4.78 is 62.8. The Hall–Kier alpha value is -3.79. The molecule has 6 nitrogen and oxygen atoms in total. The van der Waals surface area contributed by atoms with E-state index in [2.05, 4.69) is 4.98 Å². The minimum atomic E-state index is -4.60. The number of ether oxygens (including phenoxy) is 1. The van der Waals surface area contributed by atoms with Gasteiger partial charge in [0.05, 0.1) is 5.56 Å². The molecule has 0 aliphatic carbocycles. The van der Waals surface area contributed by atoms with Crippen molar-refractivity contribution in [3.05, 3.63) is 95.2 Å². The van der Waals surface area contributed by atoms with Gasteiger partial charge in [-0.25, -0.2) is 15.2 Å². The molecular weight excluding hydrogens is 452 g/mol. The monoisotopic (exact) mass is 476 g/mol. The number of aryl methyl sites for hydroxylation is 1. The highest BCUT2D eigenvalue weighted by atomic mass is 19.4. The number of hydrazine groups is 1. The van der Waals surface area contributed by atoms with Crippen LogP contribution in [0.3, 0.4) is 0 Å². The fourth-order valence-corrected chi connectivity index (χ4v) is 3.03. The predicted octanol–water partition coefficient (Wildman–Crippen LogP) is 5.12. The van der Waals surface area contributed by atoms with E-state index in [4.69, 9.17) is 20.7 Å². The molecule has 0 saturated carbocycles. The van der Waals surface area contributed by atoms with Gasteiger partial charge in [-0.1, -0.05) is 18.2 Å². The van der Waals surface area contributed by atoms with Crippen LogP contribution < -0.4 is 16.3 Å². The van der Waals surface area contributed by atoms with E-state index in [0.29, 0.717) is 24.1 Å². The first-order valence-electron chi connectivity index (χ1n) is 10.4. The number of rotatable bonds is 10. The maximum Gasteiger partial charge on any atom is 0.416 e. The van der Waals surface area contributed by atoms with Crippen molar-refractivity contribution in [2.24, 2.45) is 11.6 Å². The van der Waals surface area contributed by atoms with Crippen molar-refractivity contribution in [2.75, 3.05) is 6.54 Å². The van der Waals surface area contributed by atoms with E-state index in [1.54, 1.807) is 6.20 Å². The number of nitrogens with zero attached hydrogens (tertiary/aromatic N) is 2. The van der Waals surface area contributed by atoms with Crippen molar-refractivity contribution in [1.29, 1.82) is 0 Å². The van der Waals surface area contributed by atoms with E-state index in [1.807, 2.05) is 24.3 Å².